The number of rotatable bonds is 23. The van der Waals surface area contributed by atoms with Crippen LogP contribution in [0.5, 0.6) is 0 Å². The Balaban J connectivity index is 6.12. The molecule has 280 valence electrons. The summed E-state index contributed by atoms with van der Waals surface area (Å²) in [6.07, 6.45) is 6.56. The Morgan fingerprint density at radius 1 is 0.833 bits per heavy atom. The molecule has 3 unspecified atom stereocenters. The zero-order valence-electron chi connectivity index (χ0n) is 33.5. The molecule has 0 amide bonds. The molecular formula is C40H74N2O5S. The number of likely N-dealkylation sites (N-methyl/N-ethyl adjacent to an activating group) is 1. The van der Waals surface area contributed by atoms with Gasteiger partial charge in [-0.3, -0.25) is 9.59 Å². The van der Waals surface area contributed by atoms with Gasteiger partial charge in [-0.15, -0.1) is 0 Å². The monoisotopic (exact) mass is 695 g/mol. The predicted molar refractivity (Wildman–Crippen MR) is 205 cm³/mol. The fourth-order valence-electron chi connectivity index (χ4n) is 6.91. The second kappa shape index (κ2) is 19.0. The van der Waals surface area contributed by atoms with Crippen LogP contribution in [0, 0.1) is 32.5 Å². The van der Waals surface area contributed by atoms with Crippen LogP contribution < -0.4 is 5.32 Å². The molecule has 0 rings (SSSR count). The van der Waals surface area contributed by atoms with Crippen molar-refractivity contribution in [2.75, 3.05) is 39.9 Å². The first kappa shape index (κ1) is 46.2. The fourth-order valence-corrected chi connectivity index (χ4v) is 6.99. The molecule has 0 heterocycles. The lowest BCUT2D eigenvalue weighted by molar-refractivity contribution is -0.178. The Hall–Kier alpha value is -1.80. The summed E-state index contributed by atoms with van der Waals surface area (Å²) in [5, 5.41) is 2.69. The van der Waals surface area contributed by atoms with E-state index in [4.69, 9.17) is 16.1 Å². The van der Waals surface area contributed by atoms with Gasteiger partial charge in [0.25, 0.3) is 0 Å². The molecule has 0 radical (unpaired) electrons. The third-order valence-electron chi connectivity index (χ3n) is 11.3. The number of unbranched alkanes of at least 4 members (excludes halogenated alkanes) is 1. The number of thiol groups is 1. The highest BCUT2D eigenvalue weighted by molar-refractivity contribution is 7.81. The molecule has 0 aliphatic carbocycles. The molecule has 0 aromatic carbocycles. The minimum Gasteiger partial charge on any atom is -0.462 e. The summed E-state index contributed by atoms with van der Waals surface area (Å²) in [7, 11) is 1.95. The van der Waals surface area contributed by atoms with Gasteiger partial charge in [-0.25, -0.2) is 0 Å². The number of hydrogen-bond acceptors (Lipinski definition) is 8. The number of aldehydes is 1. The van der Waals surface area contributed by atoms with Crippen molar-refractivity contribution in [2.24, 2.45) is 32.5 Å². The molecule has 0 saturated carbocycles. The Morgan fingerprint density at radius 3 is 1.88 bits per heavy atom. The first-order valence-corrected chi connectivity index (χ1v) is 18.5. The molecule has 3 atom stereocenters. The SMILES string of the molecule is C=C(CCC=O)N(CCCCC(=C)C(C)(CC(C)(C)C(C)(C)C(C)(CC(C)(C)C)C(=O)OCCOC(=O)C(C)S)C(C)(C)C)CCNC. The van der Waals surface area contributed by atoms with Crippen molar-refractivity contribution in [1.29, 1.82) is 0 Å². The third kappa shape index (κ3) is 13.2. The summed E-state index contributed by atoms with van der Waals surface area (Å²) >= 11 is 4.12. The van der Waals surface area contributed by atoms with Crippen LogP contribution in [0.3, 0.4) is 0 Å². The van der Waals surface area contributed by atoms with Crippen molar-refractivity contribution in [2.45, 2.75) is 140 Å². The van der Waals surface area contributed by atoms with E-state index in [-0.39, 0.29) is 40.8 Å². The molecule has 0 aromatic rings. The number of allylic oxidation sites excluding steroid dienone is 2. The number of carbonyl (C=O) groups excluding carboxylic acids is 3. The maximum atomic E-state index is 14.1. The van der Waals surface area contributed by atoms with Crippen LogP contribution in [-0.2, 0) is 23.9 Å². The molecule has 1 N–H and O–H groups in total. The number of esters is 2. The van der Waals surface area contributed by atoms with Gasteiger partial charge in [-0.1, -0.05) is 94.9 Å². The van der Waals surface area contributed by atoms with Crippen molar-refractivity contribution in [1.82, 2.24) is 10.2 Å². The van der Waals surface area contributed by atoms with Gasteiger partial charge in [0.15, 0.2) is 0 Å². The van der Waals surface area contributed by atoms with Crippen molar-refractivity contribution < 1.29 is 23.9 Å². The summed E-state index contributed by atoms with van der Waals surface area (Å²) < 4.78 is 11.1. The van der Waals surface area contributed by atoms with Gasteiger partial charge < -0.3 is 24.5 Å². The summed E-state index contributed by atoms with van der Waals surface area (Å²) in [5.74, 6) is -0.694. The van der Waals surface area contributed by atoms with E-state index in [9.17, 15) is 14.4 Å². The zero-order chi connectivity index (χ0) is 37.8. The van der Waals surface area contributed by atoms with Gasteiger partial charge in [-0.05, 0) is 86.5 Å². The van der Waals surface area contributed by atoms with Crippen LogP contribution in [0.25, 0.3) is 0 Å². The molecule has 0 aliphatic rings. The maximum Gasteiger partial charge on any atom is 0.318 e. The van der Waals surface area contributed by atoms with Crippen LogP contribution >= 0.6 is 12.6 Å². The second-order valence-electron chi connectivity index (χ2n) is 17.7. The summed E-state index contributed by atoms with van der Waals surface area (Å²) in [5.41, 5.74) is 0.232. The molecule has 0 aromatic heterocycles. The van der Waals surface area contributed by atoms with Crippen molar-refractivity contribution in [3.05, 3.63) is 24.4 Å². The van der Waals surface area contributed by atoms with E-state index in [0.29, 0.717) is 19.3 Å². The van der Waals surface area contributed by atoms with Crippen LogP contribution in [-0.4, -0.2) is 68.3 Å². The van der Waals surface area contributed by atoms with E-state index in [0.717, 1.165) is 57.3 Å². The number of nitrogens with zero attached hydrogens (tertiary/aromatic N) is 1. The standard InChI is InChI=1S/C40H74N2O5S/c1-30(20-17-18-23-42(24-22-41-16)31(2)21-19-25-43)39(14,36(7,8)9)29-37(10,11)38(12,13)40(15,28-35(4,5)6)34(45)47-27-26-46-33(44)32(3)48/h25,32,41,48H,1-2,17-24,26-29H2,3-16H3. The average Bonchev–Trinajstić information content (AvgIpc) is 2.95. The number of nitrogens with one attached hydrogen (secondary N) is 1. The fraction of sp³-hybridized carbons (Fsp3) is 0.825. The van der Waals surface area contributed by atoms with E-state index >= 15 is 0 Å². The Kier molecular flexibility index (Phi) is 18.3. The lowest BCUT2D eigenvalue weighted by atomic mass is 9.46. The lowest BCUT2D eigenvalue weighted by Gasteiger charge is -2.58. The molecule has 48 heavy (non-hydrogen) atoms. The smallest absolute Gasteiger partial charge is 0.318 e. The van der Waals surface area contributed by atoms with E-state index in [1.54, 1.807) is 6.92 Å². The van der Waals surface area contributed by atoms with Gasteiger partial charge in [0.1, 0.15) is 19.5 Å². The quantitative estimate of drug-likeness (QED) is 0.0363. The van der Waals surface area contributed by atoms with Crippen molar-refractivity contribution in [3.63, 3.8) is 0 Å². The van der Waals surface area contributed by atoms with E-state index in [2.05, 4.69) is 113 Å². The molecule has 0 saturated heterocycles. The molecule has 7 nitrogen and oxygen atoms in total. The topological polar surface area (TPSA) is 84.9 Å². The van der Waals surface area contributed by atoms with Crippen LogP contribution in [0.1, 0.15) is 135 Å². The van der Waals surface area contributed by atoms with Gasteiger partial charge >= 0.3 is 11.9 Å². The minimum atomic E-state index is -0.821. The van der Waals surface area contributed by atoms with Crippen molar-refractivity contribution >= 4 is 30.9 Å². The third-order valence-corrected chi connectivity index (χ3v) is 11.5. The maximum absolute atomic E-state index is 14.1. The largest absolute Gasteiger partial charge is 0.462 e. The molecule has 0 aliphatic heterocycles. The Bertz CT molecular complexity index is 1070. The van der Waals surface area contributed by atoms with E-state index in [1.807, 2.05) is 7.05 Å². The average molecular weight is 695 g/mol. The molecule has 8 heteroatoms. The predicted octanol–water partition coefficient (Wildman–Crippen LogP) is 9.07. The van der Waals surface area contributed by atoms with E-state index < -0.39 is 22.0 Å². The van der Waals surface area contributed by atoms with E-state index in [1.165, 1.54) is 5.57 Å². The molecular weight excluding hydrogens is 621 g/mol. The zero-order valence-corrected chi connectivity index (χ0v) is 34.4. The molecule has 0 fully saturated rings. The number of carbonyl (C=O) groups is 3. The molecule has 0 bridgehead atoms. The highest BCUT2D eigenvalue weighted by Gasteiger charge is 2.58. The Morgan fingerprint density at radius 2 is 1.40 bits per heavy atom. The highest BCUT2D eigenvalue weighted by atomic mass is 32.1. The van der Waals surface area contributed by atoms with Crippen LogP contribution in [0.2, 0.25) is 0 Å². The number of ether oxygens (including phenoxy) is 2. The number of hydrogen-bond donors (Lipinski definition) is 2. The van der Waals surface area contributed by atoms with Crippen LogP contribution in [0.4, 0.5) is 0 Å². The highest BCUT2D eigenvalue weighted by Crippen LogP contribution is 2.62. The summed E-state index contributed by atoms with van der Waals surface area (Å²) in [6, 6.07) is 0. The van der Waals surface area contributed by atoms with Gasteiger partial charge in [-0.2, -0.15) is 12.6 Å². The molecule has 0 spiro atoms. The summed E-state index contributed by atoms with van der Waals surface area (Å²) in [6.45, 7) is 40.1. The van der Waals surface area contributed by atoms with Crippen molar-refractivity contribution in [3.8, 4) is 0 Å². The first-order valence-electron chi connectivity index (χ1n) is 18.0. The van der Waals surface area contributed by atoms with Crippen LogP contribution in [0.15, 0.2) is 24.4 Å². The second-order valence-corrected chi connectivity index (χ2v) is 18.5. The lowest BCUT2D eigenvalue weighted by Crippen LogP contribution is -2.55. The van der Waals surface area contributed by atoms with Gasteiger partial charge in [0.2, 0.25) is 0 Å². The normalized spacial score (nSPS) is 15.9. The Labute approximate surface area is 301 Å². The summed E-state index contributed by atoms with van der Waals surface area (Å²) in [4.78, 5) is 39.2. The van der Waals surface area contributed by atoms with Gasteiger partial charge in [0.05, 0.1) is 10.7 Å². The first-order chi connectivity index (χ1) is 21.7. The minimum absolute atomic E-state index is 0.00687. The van der Waals surface area contributed by atoms with Gasteiger partial charge in [0, 0.05) is 31.8 Å².